The number of benzene rings is 1. The highest BCUT2D eigenvalue weighted by atomic mass is 35.5. The van der Waals surface area contributed by atoms with Gasteiger partial charge < -0.3 is 11.1 Å². The minimum absolute atomic E-state index is 0.254. The number of carbonyl (C=O) groups is 1. The molecule has 3 N–H and O–H groups in total. The zero-order valence-corrected chi connectivity index (χ0v) is 10.6. The summed E-state index contributed by atoms with van der Waals surface area (Å²) in [5, 5.41) is 3.79. The van der Waals surface area contributed by atoms with Gasteiger partial charge >= 0.3 is 0 Å². The number of anilines is 2. The lowest BCUT2D eigenvalue weighted by Gasteiger charge is -2.05. The first-order valence-electron chi connectivity index (χ1n) is 4.86. The van der Waals surface area contributed by atoms with Crippen LogP contribution in [0.25, 0.3) is 0 Å². The maximum Gasteiger partial charge on any atom is 0.260 e. The van der Waals surface area contributed by atoms with E-state index in [4.69, 9.17) is 17.3 Å². The Balaban J connectivity index is 2.20. The molecule has 0 aliphatic carbocycles. The van der Waals surface area contributed by atoms with E-state index in [0.717, 1.165) is 11.5 Å². The van der Waals surface area contributed by atoms with Gasteiger partial charge in [-0.1, -0.05) is 11.6 Å². The van der Waals surface area contributed by atoms with E-state index in [-0.39, 0.29) is 5.91 Å². The normalized spacial score (nSPS) is 10.2. The van der Waals surface area contributed by atoms with Gasteiger partial charge in [0.15, 0.2) is 0 Å². The monoisotopic (exact) mass is 267 g/mol. The van der Waals surface area contributed by atoms with Gasteiger partial charge in [0.1, 0.15) is 5.00 Å². The summed E-state index contributed by atoms with van der Waals surface area (Å²) in [6.45, 7) is 1.75. The Kier molecular flexibility index (Phi) is 3.31. The molecule has 0 spiro atoms. The number of rotatable bonds is 2. The molecule has 0 radical (unpaired) electrons. The Morgan fingerprint density at radius 1 is 1.41 bits per heavy atom. The smallest absolute Gasteiger partial charge is 0.260 e. The molecule has 0 aliphatic heterocycles. The molecule has 17 heavy (non-hydrogen) atoms. The molecule has 88 valence electrons. The first-order valence-corrected chi connectivity index (χ1v) is 6.01. The molecule has 1 aromatic carbocycles. The van der Waals surface area contributed by atoms with Crippen molar-refractivity contribution in [3.8, 4) is 0 Å². The summed E-state index contributed by atoms with van der Waals surface area (Å²) in [4.78, 5) is 11.9. The van der Waals surface area contributed by atoms with Crippen LogP contribution in [-0.2, 0) is 0 Å². The second kappa shape index (κ2) is 4.73. The van der Waals surface area contributed by atoms with Crippen LogP contribution in [0, 0.1) is 6.92 Å². The van der Waals surface area contributed by atoms with Gasteiger partial charge in [-0.15, -0.1) is 0 Å². The molecule has 0 fully saturated rings. The lowest BCUT2D eigenvalue weighted by Crippen LogP contribution is -2.13. The van der Waals surface area contributed by atoms with E-state index >= 15 is 0 Å². The fraction of sp³-hybridized carbons (Fsp3) is 0.0909. The van der Waals surface area contributed by atoms with Crippen molar-refractivity contribution in [2.45, 2.75) is 6.92 Å². The molecule has 1 aromatic heterocycles. The maximum absolute atomic E-state index is 11.9. The van der Waals surface area contributed by atoms with Gasteiger partial charge in [0.25, 0.3) is 5.91 Å². The van der Waals surface area contributed by atoms with Crippen molar-refractivity contribution in [2.75, 3.05) is 11.1 Å². The largest absolute Gasteiger partial charge is 0.389 e. The van der Waals surface area contributed by atoms with Crippen LogP contribution in [0.5, 0.6) is 0 Å². The van der Waals surface area contributed by atoms with Crippen LogP contribution in [-0.4, -0.2) is 10.3 Å². The quantitative estimate of drug-likeness (QED) is 0.879. The van der Waals surface area contributed by atoms with Crippen LogP contribution >= 0.6 is 23.1 Å². The van der Waals surface area contributed by atoms with Crippen molar-refractivity contribution < 1.29 is 4.79 Å². The lowest BCUT2D eigenvalue weighted by atomic mass is 10.2. The third-order valence-electron chi connectivity index (χ3n) is 2.22. The van der Waals surface area contributed by atoms with Crippen molar-refractivity contribution in [1.82, 2.24) is 4.37 Å². The van der Waals surface area contributed by atoms with Crippen LogP contribution in [0.3, 0.4) is 0 Å². The number of aromatic nitrogens is 1. The van der Waals surface area contributed by atoms with Crippen molar-refractivity contribution in [2.24, 2.45) is 0 Å². The van der Waals surface area contributed by atoms with Gasteiger partial charge in [-0.3, -0.25) is 4.79 Å². The number of hydrogen-bond donors (Lipinski definition) is 2. The fourth-order valence-corrected chi connectivity index (χ4v) is 2.17. The van der Waals surface area contributed by atoms with Crippen LogP contribution < -0.4 is 11.1 Å². The standard InChI is InChI=1S/C11H10ClN3OS/c1-6-9(10(13)17-15-6)11(16)14-8-4-2-7(12)3-5-8/h2-5H,13H2,1H3,(H,14,16). The van der Waals surface area contributed by atoms with Gasteiger partial charge in [-0.2, -0.15) is 4.37 Å². The number of hydrogen-bond acceptors (Lipinski definition) is 4. The average molecular weight is 268 g/mol. The van der Waals surface area contributed by atoms with Crippen molar-refractivity contribution in [1.29, 1.82) is 0 Å². The molecular weight excluding hydrogens is 258 g/mol. The van der Waals surface area contributed by atoms with Crippen molar-refractivity contribution in [3.63, 3.8) is 0 Å². The third kappa shape index (κ3) is 2.57. The molecule has 0 atom stereocenters. The molecular formula is C11H10ClN3OS. The Morgan fingerprint density at radius 3 is 2.59 bits per heavy atom. The Hall–Kier alpha value is -1.59. The molecule has 0 saturated carbocycles. The fourth-order valence-electron chi connectivity index (χ4n) is 1.39. The van der Waals surface area contributed by atoms with Gasteiger partial charge in [-0.05, 0) is 42.7 Å². The summed E-state index contributed by atoms with van der Waals surface area (Å²) in [6, 6.07) is 6.87. The van der Waals surface area contributed by atoms with Crippen LogP contribution in [0.1, 0.15) is 16.1 Å². The molecule has 0 bridgehead atoms. The first kappa shape index (κ1) is 11.9. The highest BCUT2D eigenvalue weighted by Gasteiger charge is 2.16. The maximum atomic E-state index is 11.9. The third-order valence-corrected chi connectivity index (χ3v) is 3.24. The molecule has 2 rings (SSSR count). The van der Waals surface area contributed by atoms with Gasteiger partial charge in [0, 0.05) is 10.7 Å². The molecule has 0 saturated heterocycles. The first-order chi connectivity index (χ1) is 8.08. The minimum atomic E-state index is -0.254. The number of aryl methyl sites for hydroxylation is 1. The van der Waals surface area contributed by atoms with E-state index in [1.807, 2.05) is 0 Å². The number of carbonyl (C=O) groups excluding carboxylic acids is 1. The van der Waals surface area contributed by atoms with Crippen LogP contribution in [0.2, 0.25) is 5.02 Å². The number of nitrogens with one attached hydrogen (secondary N) is 1. The molecule has 6 heteroatoms. The number of halogens is 1. The minimum Gasteiger partial charge on any atom is -0.389 e. The van der Waals surface area contributed by atoms with E-state index in [9.17, 15) is 4.79 Å². The summed E-state index contributed by atoms with van der Waals surface area (Å²) in [6.07, 6.45) is 0. The zero-order valence-electron chi connectivity index (χ0n) is 9.03. The highest BCUT2D eigenvalue weighted by Crippen LogP contribution is 2.22. The summed E-state index contributed by atoms with van der Waals surface area (Å²) in [5.74, 6) is -0.254. The SMILES string of the molecule is Cc1nsc(N)c1C(=O)Nc1ccc(Cl)cc1. The second-order valence-electron chi connectivity index (χ2n) is 3.47. The number of amides is 1. The summed E-state index contributed by atoms with van der Waals surface area (Å²) < 4.78 is 4.03. The van der Waals surface area contributed by atoms with E-state index in [1.165, 1.54) is 0 Å². The van der Waals surface area contributed by atoms with Gasteiger partial charge in [0.05, 0.1) is 11.3 Å². The number of nitrogens with zero attached hydrogens (tertiary/aromatic N) is 1. The lowest BCUT2D eigenvalue weighted by molar-refractivity contribution is 0.102. The average Bonchev–Trinajstić information content (AvgIpc) is 2.62. The summed E-state index contributed by atoms with van der Waals surface area (Å²) in [7, 11) is 0. The van der Waals surface area contributed by atoms with Crippen LogP contribution in [0.15, 0.2) is 24.3 Å². The second-order valence-corrected chi connectivity index (χ2v) is 4.71. The van der Waals surface area contributed by atoms with E-state index in [2.05, 4.69) is 9.69 Å². The molecule has 1 amide bonds. The Bertz CT molecular complexity index is 531. The molecule has 4 nitrogen and oxygen atoms in total. The predicted octanol–water partition coefficient (Wildman–Crippen LogP) is 2.94. The Labute approximate surface area is 108 Å². The van der Waals surface area contributed by atoms with Crippen molar-refractivity contribution >= 4 is 39.7 Å². The topological polar surface area (TPSA) is 68.0 Å². The van der Waals surface area contributed by atoms with Crippen molar-refractivity contribution in [3.05, 3.63) is 40.5 Å². The van der Waals surface area contributed by atoms with E-state index in [1.54, 1.807) is 31.2 Å². The molecule has 0 aliphatic rings. The summed E-state index contributed by atoms with van der Waals surface area (Å²) in [5.41, 5.74) is 7.44. The highest BCUT2D eigenvalue weighted by molar-refractivity contribution is 7.10. The van der Waals surface area contributed by atoms with E-state index < -0.39 is 0 Å². The van der Waals surface area contributed by atoms with E-state index in [0.29, 0.717) is 27.0 Å². The van der Waals surface area contributed by atoms with Crippen LogP contribution in [0.4, 0.5) is 10.7 Å². The molecule has 1 heterocycles. The molecule has 2 aromatic rings. The van der Waals surface area contributed by atoms with Gasteiger partial charge in [-0.25, -0.2) is 0 Å². The Morgan fingerprint density at radius 2 is 2.06 bits per heavy atom. The molecule has 0 unspecified atom stereocenters. The zero-order chi connectivity index (χ0) is 12.4. The number of nitrogen functional groups attached to an aromatic ring is 1. The van der Waals surface area contributed by atoms with Gasteiger partial charge in [0.2, 0.25) is 0 Å². The summed E-state index contributed by atoms with van der Waals surface area (Å²) >= 11 is 6.88. The predicted molar refractivity (Wildman–Crippen MR) is 70.7 cm³/mol. The number of nitrogens with two attached hydrogens (primary N) is 1.